The van der Waals surface area contributed by atoms with Crippen LogP contribution >= 0.6 is 0 Å². The monoisotopic (exact) mass is 450 g/mol. The minimum atomic E-state index is -0.640. The van der Waals surface area contributed by atoms with Gasteiger partial charge in [0.1, 0.15) is 17.0 Å². The van der Waals surface area contributed by atoms with Gasteiger partial charge in [0.25, 0.3) is 17.2 Å². The molecule has 2 atom stereocenters. The van der Waals surface area contributed by atoms with Crippen molar-refractivity contribution in [3.8, 4) is 0 Å². The van der Waals surface area contributed by atoms with Gasteiger partial charge < -0.3 is 9.64 Å². The van der Waals surface area contributed by atoms with Crippen molar-refractivity contribution < 1.29 is 14.5 Å². The average molecular weight is 450 g/mol. The molecular weight excluding hydrogens is 428 g/mol. The summed E-state index contributed by atoms with van der Waals surface area (Å²) in [5.74, 6) is -0.194. The molecule has 0 spiro atoms. The zero-order chi connectivity index (χ0) is 23.5. The topological polar surface area (TPSA) is 131 Å². The van der Waals surface area contributed by atoms with Gasteiger partial charge in [-0.05, 0) is 32.0 Å². The number of anilines is 1. The van der Waals surface area contributed by atoms with Crippen LogP contribution in [0.2, 0.25) is 0 Å². The lowest BCUT2D eigenvalue weighted by Gasteiger charge is -2.36. The Labute approximate surface area is 188 Å². The van der Waals surface area contributed by atoms with Crippen molar-refractivity contribution in [1.29, 1.82) is 0 Å². The summed E-state index contributed by atoms with van der Waals surface area (Å²) in [4.78, 5) is 42.6. The number of nitro benzene ring substituents is 1. The predicted octanol–water partition coefficient (Wildman–Crippen LogP) is 1.98. The number of ether oxygens (including phenoxy) is 1. The third-order valence-electron chi connectivity index (χ3n) is 5.15. The van der Waals surface area contributed by atoms with Crippen LogP contribution < -0.4 is 15.9 Å². The molecule has 1 saturated heterocycles. The van der Waals surface area contributed by atoms with E-state index in [-0.39, 0.29) is 34.6 Å². The fraction of sp³-hybridized carbons (Fsp3) is 0.273. The van der Waals surface area contributed by atoms with Crippen LogP contribution in [0.3, 0.4) is 0 Å². The summed E-state index contributed by atoms with van der Waals surface area (Å²) in [6.45, 7) is 4.98. The van der Waals surface area contributed by atoms with Crippen LogP contribution in [0.25, 0.3) is 5.65 Å². The molecule has 33 heavy (non-hydrogen) atoms. The highest BCUT2D eigenvalue weighted by atomic mass is 16.6. The number of aromatic nitrogens is 2. The summed E-state index contributed by atoms with van der Waals surface area (Å²) in [5.41, 5.74) is 2.55. The standard InChI is InChI=1S/C22H22N6O5/c1-14-12-26(13-15(2)33-14)20-18(22(30)27-9-4-3-8-19(27)24-20)11-23-25-21(29)16-6-5-7-17(10-16)28(31)32/h3-11,14-15H,12-13H2,1-2H3,(H,25,29). The number of nitro groups is 1. The molecule has 1 amide bonds. The van der Waals surface area contributed by atoms with E-state index in [0.29, 0.717) is 24.6 Å². The van der Waals surface area contributed by atoms with E-state index in [1.54, 1.807) is 24.4 Å². The molecule has 0 aliphatic carbocycles. The maximum Gasteiger partial charge on any atom is 0.271 e. The fourth-order valence-corrected chi connectivity index (χ4v) is 3.78. The molecule has 1 N–H and O–H groups in total. The van der Waals surface area contributed by atoms with Gasteiger partial charge in [0, 0.05) is 37.0 Å². The highest BCUT2D eigenvalue weighted by Gasteiger charge is 2.26. The number of morpholine rings is 1. The van der Waals surface area contributed by atoms with E-state index in [0.717, 1.165) is 6.07 Å². The zero-order valence-corrected chi connectivity index (χ0v) is 18.0. The Morgan fingerprint density at radius 2 is 2.00 bits per heavy atom. The number of amides is 1. The van der Waals surface area contributed by atoms with Crippen molar-refractivity contribution in [2.75, 3.05) is 18.0 Å². The van der Waals surface area contributed by atoms with E-state index in [2.05, 4.69) is 15.5 Å². The summed E-state index contributed by atoms with van der Waals surface area (Å²) in [6.07, 6.45) is 2.76. The molecular formula is C22H22N6O5. The lowest BCUT2D eigenvalue weighted by Crippen LogP contribution is -2.47. The van der Waals surface area contributed by atoms with Gasteiger partial charge in [0.15, 0.2) is 0 Å². The Morgan fingerprint density at radius 3 is 2.73 bits per heavy atom. The zero-order valence-electron chi connectivity index (χ0n) is 18.0. The molecule has 1 aliphatic heterocycles. The number of hydrogen-bond acceptors (Lipinski definition) is 8. The molecule has 11 nitrogen and oxygen atoms in total. The number of carbonyl (C=O) groups excluding carboxylic acids is 1. The second-order valence-corrected chi connectivity index (χ2v) is 7.75. The van der Waals surface area contributed by atoms with Gasteiger partial charge in [-0.2, -0.15) is 5.10 Å². The van der Waals surface area contributed by atoms with Crippen molar-refractivity contribution >= 4 is 29.3 Å². The number of nitrogens with zero attached hydrogens (tertiary/aromatic N) is 5. The SMILES string of the molecule is CC1CN(c2nc3ccccn3c(=O)c2C=NNC(=O)c2cccc([N+](=O)[O-])c2)CC(C)O1. The molecule has 1 fully saturated rings. The van der Waals surface area contributed by atoms with Gasteiger partial charge in [-0.1, -0.05) is 12.1 Å². The lowest BCUT2D eigenvalue weighted by molar-refractivity contribution is -0.384. The number of non-ortho nitro benzene ring substituents is 1. The highest BCUT2D eigenvalue weighted by Crippen LogP contribution is 2.21. The van der Waals surface area contributed by atoms with Crippen LogP contribution in [0, 0.1) is 10.1 Å². The van der Waals surface area contributed by atoms with E-state index in [4.69, 9.17) is 4.74 Å². The quantitative estimate of drug-likeness (QED) is 0.357. The minimum Gasteiger partial charge on any atom is -0.372 e. The number of fused-ring (bicyclic) bond motifs is 1. The van der Waals surface area contributed by atoms with Crippen LogP contribution in [-0.4, -0.2) is 51.7 Å². The van der Waals surface area contributed by atoms with E-state index >= 15 is 0 Å². The van der Waals surface area contributed by atoms with Crippen molar-refractivity contribution in [2.24, 2.45) is 5.10 Å². The second kappa shape index (κ2) is 9.17. The smallest absolute Gasteiger partial charge is 0.271 e. The third-order valence-corrected chi connectivity index (χ3v) is 5.15. The number of hydrazone groups is 1. The Kier molecular flexibility index (Phi) is 6.13. The molecule has 0 saturated carbocycles. The third kappa shape index (κ3) is 4.72. The molecule has 3 heterocycles. The van der Waals surface area contributed by atoms with E-state index in [9.17, 15) is 19.7 Å². The number of nitrogens with one attached hydrogen (secondary N) is 1. The summed E-state index contributed by atoms with van der Waals surface area (Å²) < 4.78 is 7.20. The fourth-order valence-electron chi connectivity index (χ4n) is 3.78. The van der Waals surface area contributed by atoms with Crippen molar-refractivity contribution in [1.82, 2.24) is 14.8 Å². The number of rotatable bonds is 5. The Hall–Kier alpha value is -4.12. The Balaban J connectivity index is 1.67. The second-order valence-electron chi connectivity index (χ2n) is 7.75. The van der Waals surface area contributed by atoms with Gasteiger partial charge in [-0.25, -0.2) is 10.4 Å². The van der Waals surface area contributed by atoms with E-state index < -0.39 is 10.8 Å². The molecule has 170 valence electrons. The first-order chi connectivity index (χ1) is 15.8. The van der Waals surface area contributed by atoms with Crippen molar-refractivity contribution in [2.45, 2.75) is 26.1 Å². The minimum absolute atomic E-state index is 0.0526. The van der Waals surface area contributed by atoms with Gasteiger partial charge >= 0.3 is 0 Å². The molecule has 1 aromatic carbocycles. The molecule has 2 aromatic heterocycles. The van der Waals surface area contributed by atoms with Gasteiger partial charge in [-0.15, -0.1) is 0 Å². The van der Waals surface area contributed by atoms with E-state index in [1.807, 2.05) is 18.7 Å². The number of hydrogen-bond donors (Lipinski definition) is 1. The molecule has 0 radical (unpaired) electrons. The van der Waals surface area contributed by atoms with Crippen LogP contribution in [0.4, 0.5) is 11.5 Å². The normalized spacial score (nSPS) is 18.5. The molecule has 0 bridgehead atoms. The summed E-state index contributed by atoms with van der Waals surface area (Å²) in [6, 6.07) is 10.5. The predicted molar refractivity (Wildman–Crippen MR) is 122 cm³/mol. The van der Waals surface area contributed by atoms with Crippen LogP contribution in [0.1, 0.15) is 29.8 Å². The molecule has 11 heteroatoms. The van der Waals surface area contributed by atoms with Crippen LogP contribution in [0.5, 0.6) is 0 Å². The van der Waals surface area contributed by atoms with Gasteiger partial charge in [-0.3, -0.25) is 24.1 Å². The number of pyridine rings is 1. The van der Waals surface area contributed by atoms with Crippen molar-refractivity contribution in [3.63, 3.8) is 0 Å². The Morgan fingerprint density at radius 1 is 1.24 bits per heavy atom. The molecule has 3 aromatic rings. The first kappa shape index (κ1) is 22.1. The van der Waals surface area contributed by atoms with Gasteiger partial charge in [0.05, 0.1) is 23.3 Å². The molecule has 4 rings (SSSR count). The average Bonchev–Trinajstić information content (AvgIpc) is 2.79. The first-order valence-electron chi connectivity index (χ1n) is 10.3. The highest BCUT2D eigenvalue weighted by molar-refractivity contribution is 5.96. The summed E-state index contributed by atoms with van der Waals surface area (Å²) >= 11 is 0. The maximum absolute atomic E-state index is 13.2. The number of carbonyl (C=O) groups is 1. The number of benzene rings is 1. The largest absolute Gasteiger partial charge is 0.372 e. The van der Waals surface area contributed by atoms with Gasteiger partial charge in [0.2, 0.25) is 0 Å². The molecule has 1 aliphatic rings. The van der Waals surface area contributed by atoms with Crippen LogP contribution in [0.15, 0.2) is 58.6 Å². The van der Waals surface area contributed by atoms with Crippen molar-refractivity contribution in [3.05, 3.63) is 80.3 Å². The lowest BCUT2D eigenvalue weighted by atomic mass is 10.2. The first-order valence-corrected chi connectivity index (χ1v) is 10.3. The van der Waals surface area contributed by atoms with E-state index in [1.165, 1.54) is 28.8 Å². The van der Waals surface area contributed by atoms with Crippen LogP contribution in [-0.2, 0) is 4.74 Å². The summed E-state index contributed by atoms with van der Waals surface area (Å²) in [5, 5.41) is 14.9. The summed E-state index contributed by atoms with van der Waals surface area (Å²) in [7, 11) is 0. The molecule has 2 unspecified atom stereocenters. The Bertz CT molecular complexity index is 1290. The maximum atomic E-state index is 13.2.